The monoisotopic (exact) mass is 120 g/mol. The standard InChI is InChI=1S/C3H8O3.C2H4/c4-1-3(6)2-5;1-2/h3-6H,1-2H2;1-2H2. The Balaban J connectivity index is 0. The van der Waals surface area contributed by atoms with Gasteiger partial charge in [0.2, 0.25) is 0 Å². The molecule has 0 amide bonds. The van der Waals surface area contributed by atoms with Gasteiger partial charge in [-0.25, -0.2) is 0 Å². The maximum absolute atomic E-state index is 8.17. The molecule has 0 spiro atoms. The second-order valence-corrected chi connectivity index (χ2v) is 1.02. The van der Waals surface area contributed by atoms with Crippen LogP contribution in [-0.2, 0) is 0 Å². The van der Waals surface area contributed by atoms with E-state index in [4.69, 9.17) is 15.3 Å². The Morgan fingerprint density at radius 2 is 1.38 bits per heavy atom. The topological polar surface area (TPSA) is 60.7 Å². The summed E-state index contributed by atoms with van der Waals surface area (Å²) in [5.74, 6) is 0. The van der Waals surface area contributed by atoms with Crippen molar-refractivity contribution in [3.63, 3.8) is 0 Å². The van der Waals surface area contributed by atoms with Crippen LogP contribution in [0.25, 0.3) is 0 Å². The van der Waals surface area contributed by atoms with Gasteiger partial charge in [0.05, 0.1) is 13.2 Å². The highest BCUT2D eigenvalue weighted by Gasteiger charge is 1.93. The zero-order valence-corrected chi connectivity index (χ0v) is 4.75. The molecule has 0 aromatic heterocycles. The van der Waals surface area contributed by atoms with Crippen LogP contribution in [0.4, 0.5) is 0 Å². The summed E-state index contributed by atoms with van der Waals surface area (Å²) in [6.45, 7) is 5.27. The highest BCUT2D eigenvalue weighted by molar-refractivity contribution is 4.43. The van der Waals surface area contributed by atoms with E-state index in [0.717, 1.165) is 0 Å². The normalized spacial score (nSPS) is 8.00. The molecule has 8 heavy (non-hydrogen) atoms. The predicted molar refractivity (Wildman–Crippen MR) is 31.4 cm³/mol. The van der Waals surface area contributed by atoms with Crippen molar-refractivity contribution < 1.29 is 15.3 Å². The van der Waals surface area contributed by atoms with E-state index >= 15 is 0 Å². The Labute approximate surface area is 48.9 Å². The van der Waals surface area contributed by atoms with Crippen LogP contribution >= 0.6 is 0 Å². The highest BCUT2D eigenvalue weighted by atomic mass is 16.3. The van der Waals surface area contributed by atoms with Crippen molar-refractivity contribution in [2.45, 2.75) is 6.10 Å². The van der Waals surface area contributed by atoms with Gasteiger partial charge in [0, 0.05) is 0 Å². The summed E-state index contributed by atoms with van der Waals surface area (Å²) in [4.78, 5) is 0. The molecule has 0 saturated heterocycles. The van der Waals surface area contributed by atoms with Crippen LogP contribution in [0.5, 0.6) is 0 Å². The lowest BCUT2D eigenvalue weighted by Crippen LogP contribution is -2.15. The minimum Gasteiger partial charge on any atom is -0.394 e. The Bertz CT molecular complexity index is 34.7. The van der Waals surface area contributed by atoms with Gasteiger partial charge in [0.15, 0.2) is 0 Å². The molecule has 0 aliphatic rings. The van der Waals surface area contributed by atoms with Gasteiger partial charge in [-0.2, -0.15) is 0 Å². The molecule has 0 atom stereocenters. The molecule has 3 heteroatoms. The van der Waals surface area contributed by atoms with E-state index in [-0.39, 0.29) is 13.2 Å². The highest BCUT2D eigenvalue weighted by Crippen LogP contribution is 1.71. The van der Waals surface area contributed by atoms with E-state index in [0.29, 0.717) is 0 Å². The SMILES string of the molecule is C=C.OCC(O)CO. The lowest BCUT2D eigenvalue weighted by molar-refractivity contribution is 0.0450. The molecule has 0 radical (unpaired) electrons. The van der Waals surface area contributed by atoms with Gasteiger partial charge < -0.3 is 15.3 Å². The maximum atomic E-state index is 8.17. The average Bonchev–Trinajstić information content (AvgIpc) is 1.91. The van der Waals surface area contributed by atoms with Crippen molar-refractivity contribution in [1.29, 1.82) is 0 Å². The first kappa shape index (κ1) is 10.6. The van der Waals surface area contributed by atoms with Gasteiger partial charge in [-0.05, 0) is 0 Å². The third-order valence-corrected chi connectivity index (χ3v) is 0.421. The number of hydrogen-bond donors (Lipinski definition) is 3. The Kier molecular flexibility index (Phi) is 12.9. The van der Waals surface area contributed by atoms with E-state index in [1.54, 1.807) is 0 Å². The predicted octanol–water partition coefficient (Wildman–Crippen LogP) is -0.866. The molecular formula is C5H12O3. The van der Waals surface area contributed by atoms with Gasteiger partial charge >= 0.3 is 0 Å². The Hall–Kier alpha value is -0.380. The molecule has 0 aliphatic heterocycles. The van der Waals surface area contributed by atoms with Crippen molar-refractivity contribution in [1.82, 2.24) is 0 Å². The van der Waals surface area contributed by atoms with Crippen LogP contribution < -0.4 is 0 Å². The van der Waals surface area contributed by atoms with Crippen molar-refractivity contribution in [2.75, 3.05) is 13.2 Å². The van der Waals surface area contributed by atoms with Crippen LogP contribution in [0.1, 0.15) is 0 Å². The lowest BCUT2D eigenvalue weighted by Gasteiger charge is -1.96. The second kappa shape index (κ2) is 9.80. The summed E-state index contributed by atoms with van der Waals surface area (Å²) in [7, 11) is 0. The minimum atomic E-state index is -0.954. The molecular weight excluding hydrogens is 108 g/mol. The smallest absolute Gasteiger partial charge is 0.100 e. The van der Waals surface area contributed by atoms with Gasteiger partial charge in [0.1, 0.15) is 6.10 Å². The van der Waals surface area contributed by atoms with Gasteiger partial charge in [-0.15, -0.1) is 13.2 Å². The van der Waals surface area contributed by atoms with Crippen LogP contribution in [0.15, 0.2) is 13.2 Å². The molecule has 0 unspecified atom stereocenters. The Morgan fingerprint density at radius 3 is 1.38 bits per heavy atom. The summed E-state index contributed by atoms with van der Waals surface area (Å²) in [6, 6.07) is 0. The third kappa shape index (κ3) is 9.15. The second-order valence-electron chi connectivity index (χ2n) is 1.02. The van der Waals surface area contributed by atoms with E-state index in [9.17, 15) is 0 Å². The molecule has 50 valence electrons. The molecule has 0 fully saturated rings. The summed E-state index contributed by atoms with van der Waals surface area (Å²) in [6.07, 6.45) is -0.954. The van der Waals surface area contributed by atoms with E-state index in [2.05, 4.69) is 13.2 Å². The molecule has 0 aromatic rings. The first-order valence-electron chi connectivity index (χ1n) is 2.21. The van der Waals surface area contributed by atoms with Crippen molar-refractivity contribution in [3.8, 4) is 0 Å². The number of aliphatic hydroxyl groups excluding tert-OH is 3. The van der Waals surface area contributed by atoms with E-state index < -0.39 is 6.10 Å². The summed E-state index contributed by atoms with van der Waals surface area (Å²) in [5, 5.41) is 24.0. The van der Waals surface area contributed by atoms with Crippen molar-refractivity contribution in [3.05, 3.63) is 13.2 Å². The first-order valence-corrected chi connectivity index (χ1v) is 2.21. The van der Waals surface area contributed by atoms with Gasteiger partial charge in [-0.3, -0.25) is 0 Å². The zero-order valence-electron chi connectivity index (χ0n) is 4.75. The summed E-state index contributed by atoms with van der Waals surface area (Å²) in [5.41, 5.74) is 0. The largest absolute Gasteiger partial charge is 0.394 e. The fraction of sp³-hybridized carbons (Fsp3) is 0.600. The molecule has 0 rings (SSSR count). The van der Waals surface area contributed by atoms with Crippen LogP contribution in [0.3, 0.4) is 0 Å². The quantitative estimate of drug-likeness (QED) is 0.415. The molecule has 0 aromatic carbocycles. The van der Waals surface area contributed by atoms with Crippen molar-refractivity contribution in [2.24, 2.45) is 0 Å². The molecule has 0 saturated carbocycles. The first-order chi connectivity index (χ1) is 3.81. The molecule has 0 heterocycles. The van der Waals surface area contributed by atoms with E-state index in [1.165, 1.54) is 0 Å². The molecule has 3 N–H and O–H groups in total. The molecule has 0 aliphatic carbocycles. The molecule has 3 nitrogen and oxygen atoms in total. The van der Waals surface area contributed by atoms with Crippen LogP contribution in [-0.4, -0.2) is 34.6 Å². The van der Waals surface area contributed by atoms with Crippen molar-refractivity contribution >= 4 is 0 Å². The minimum absolute atomic E-state index is 0.365. The lowest BCUT2D eigenvalue weighted by atomic mass is 10.4. The fourth-order valence-electron chi connectivity index (χ4n) is 0.0577. The average molecular weight is 120 g/mol. The van der Waals surface area contributed by atoms with Crippen LogP contribution in [0.2, 0.25) is 0 Å². The van der Waals surface area contributed by atoms with Crippen LogP contribution in [0, 0.1) is 0 Å². The number of rotatable bonds is 2. The third-order valence-electron chi connectivity index (χ3n) is 0.421. The van der Waals surface area contributed by atoms with Gasteiger partial charge in [-0.1, -0.05) is 0 Å². The van der Waals surface area contributed by atoms with Gasteiger partial charge in [0.25, 0.3) is 0 Å². The summed E-state index contributed by atoms with van der Waals surface area (Å²) >= 11 is 0. The Morgan fingerprint density at radius 1 is 1.12 bits per heavy atom. The van der Waals surface area contributed by atoms with E-state index in [1.807, 2.05) is 0 Å². The molecule has 0 bridgehead atoms. The fourth-order valence-corrected chi connectivity index (χ4v) is 0.0577. The number of hydrogen-bond acceptors (Lipinski definition) is 3. The zero-order chi connectivity index (χ0) is 6.99. The number of aliphatic hydroxyl groups is 3. The summed E-state index contributed by atoms with van der Waals surface area (Å²) < 4.78 is 0. The maximum Gasteiger partial charge on any atom is 0.100 e.